The molecule has 0 saturated heterocycles. The highest BCUT2D eigenvalue weighted by Crippen LogP contribution is 2.25. The van der Waals surface area contributed by atoms with Crippen LogP contribution in [0.5, 0.6) is 0 Å². The van der Waals surface area contributed by atoms with E-state index in [2.05, 4.69) is 5.32 Å². The zero-order valence-corrected chi connectivity index (χ0v) is 12.3. The number of rotatable bonds is 4. The van der Waals surface area contributed by atoms with Gasteiger partial charge in [0, 0.05) is 17.7 Å². The smallest absolute Gasteiger partial charge is 0.253 e. The number of nitrogens with one attached hydrogen (secondary N) is 1. The Labute approximate surface area is 124 Å². The largest absolute Gasteiger partial charge is 0.379 e. The van der Waals surface area contributed by atoms with Crippen molar-refractivity contribution in [2.75, 3.05) is 7.11 Å². The Kier molecular flexibility index (Phi) is 5.40. The van der Waals surface area contributed by atoms with E-state index >= 15 is 0 Å². The maximum Gasteiger partial charge on any atom is 0.253 e. The molecule has 0 spiro atoms. The molecular formula is C15H20ClNO3. The van der Waals surface area contributed by atoms with E-state index in [4.69, 9.17) is 16.3 Å². The van der Waals surface area contributed by atoms with Gasteiger partial charge in [-0.05, 0) is 18.9 Å². The lowest BCUT2D eigenvalue weighted by atomic mass is 9.92. The summed E-state index contributed by atoms with van der Waals surface area (Å²) in [6.45, 7) is 0. The third-order valence-corrected chi connectivity index (χ3v) is 4.13. The van der Waals surface area contributed by atoms with Gasteiger partial charge in [0.15, 0.2) is 6.10 Å². The fraction of sp³-hybridized carbons (Fsp3) is 0.533. The van der Waals surface area contributed by atoms with Crippen molar-refractivity contribution in [2.45, 2.75) is 43.9 Å². The molecule has 1 aliphatic carbocycles. The van der Waals surface area contributed by atoms with Gasteiger partial charge in [-0.15, -0.1) is 0 Å². The van der Waals surface area contributed by atoms with Gasteiger partial charge in [-0.1, -0.05) is 42.6 Å². The van der Waals surface area contributed by atoms with E-state index in [0.717, 1.165) is 25.7 Å². The highest BCUT2D eigenvalue weighted by Gasteiger charge is 2.29. The number of methoxy groups -OCH3 is 1. The van der Waals surface area contributed by atoms with Crippen LogP contribution in [0.4, 0.5) is 0 Å². The number of benzene rings is 1. The summed E-state index contributed by atoms with van der Waals surface area (Å²) in [4.78, 5) is 12.2. The minimum atomic E-state index is -1.25. The molecule has 2 rings (SSSR count). The molecule has 5 heteroatoms. The van der Waals surface area contributed by atoms with Crippen LogP contribution in [-0.2, 0) is 9.53 Å². The molecule has 1 aromatic rings. The van der Waals surface area contributed by atoms with Gasteiger partial charge in [0.25, 0.3) is 5.91 Å². The summed E-state index contributed by atoms with van der Waals surface area (Å²) >= 11 is 6.00. The number of hydrogen-bond acceptors (Lipinski definition) is 3. The molecule has 4 nitrogen and oxygen atoms in total. The molecule has 0 aromatic heterocycles. The van der Waals surface area contributed by atoms with E-state index in [1.807, 2.05) is 0 Å². The SMILES string of the molecule is CO[C@H]1CCCC[C@@H]1NC(=O)[C@H](O)c1ccccc1Cl. The molecule has 0 unspecified atom stereocenters. The molecule has 3 atom stereocenters. The number of ether oxygens (including phenoxy) is 1. The number of hydrogen-bond donors (Lipinski definition) is 2. The van der Waals surface area contributed by atoms with Crippen molar-refractivity contribution in [1.82, 2.24) is 5.32 Å². The Balaban J connectivity index is 2.02. The number of amides is 1. The van der Waals surface area contributed by atoms with Gasteiger partial charge in [-0.25, -0.2) is 0 Å². The van der Waals surface area contributed by atoms with Crippen molar-refractivity contribution < 1.29 is 14.6 Å². The molecule has 1 fully saturated rings. The normalized spacial score (nSPS) is 24.1. The first kappa shape index (κ1) is 15.3. The number of aliphatic hydroxyl groups excluding tert-OH is 1. The summed E-state index contributed by atoms with van der Waals surface area (Å²) in [5.41, 5.74) is 0.427. The number of carbonyl (C=O) groups is 1. The second-order valence-corrected chi connectivity index (χ2v) is 5.50. The molecule has 0 bridgehead atoms. The van der Waals surface area contributed by atoms with Gasteiger partial charge in [-0.3, -0.25) is 4.79 Å². The monoisotopic (exact) mass is 297 g/mol. The average Bonchev–Trinajstić information content (AvgIpc) is 2.47. The van der Waals surface area contributed by atoms with E-state index < -0.39 is 12.0 Å². The fourth-order valence-electron chi connectivity index (χ4n) is 2.64. The van der Waals surface area contributed by atoms with Crippen molar-refractivity contribution in [2.24, 2.45) is 0 Å². The first-order valence-corrected chi connectivity index (χ1v) is 7.27. The summed E-state index contributed by atoms with van der Waals surface area (Å²) in [5.74, 6) is -0.424. The van der Waals surface area contributed by atoms with Crippen LogP contribution in [0.3, 0.4) is 0 Å². The molecule has 1 aromatic carbocycles. The van der Waals surface area contributed by atoms with E-state index in [1.165, 1.54) is 0 Å². The maximum atomic E-state index is 12.2. The molecule has 110 valence electrons. The van der Waals surface area contributed by atoms with Gasteiger partial charge < -0.3 is 15.2 Å². The topological polar surface area (TPSA) is 58.6 Å². The van der Waals surface area contributed by atoms with Crippen LogP contribution in [0.15, 0.2) is 24.3 Å². The van der Waals surface area contributed by atoms with E-state index in [-0.39, 0.29) is 12.1 Å². The molecule has 2 N–H and O–H groups in total. The second kappa shape index (κ2) is 7.07. The molecular weight excluding hydrogens is 278 g/mol. The maximum absolute atomic E-state index is 12.2. The number of halogens is 1. The van der Waals surface area contributed by atoms with Crippen molar-refractivity contribution in [3.63, 3.8) is 0 Å². The standard InChI is InChI=1S/C15H20ClNO3/c1-20-13-9-5-4-8-12(13)17-15(19)14(18)10-6-2-3-7-11(10)16/h2-3,6-7,12-14,18H,4-5,8-9H2,1H3,(H,17,19)/t12-,13-,14+/m0/s1. The van der Waals surface area contributed by atoms with Crippen molar-refractivity contribution in [3.05, 3.63) is 34.9 Å². The van der Waals surface area contributed by atoms with Crippen LogP contribution < -0.4 is 5.32 Å². The minimum absolute atomic E-state index is 0.0196. The zero-order chi connectivity index (χ0) is 14.5. The van der Waals surface area contributed by atoms with Crippen molar-refractivity contribution in [3.8, 4) is 0 Å². The lowest BCUT2D eigenvalue weighted by Crippen LogP contribution is -2.47. The van der Waals surface area contributed by atoms with E-state index in [1.54, 1.807) is 31.4 Å². The Morgan fingerprint density at radius 3 is 2.80 bits per heavy atom. The molecule has 1 amide bonds. The summed E-state index contributed by atoms with van der Waals surface area (Å²) < 4.78 is 5.39. The van der Waals surface area contributed by atoms with Crippen LogP contribution in [0, 0.1) is 0 Å². The van der Waals surface area contributed by atoms with Crippen LogP contribution in [0.2, 0.25) is 5.02 Å². The van der Waals surface area contributed by atoms with Crippen LogP contribution in [-0.4, -0.2) is 30.3 Å². The van der Waals surface area contributed by atoms with Crippen molar-refractivity contribution >= 4 is 17.5 Å². The first-order chi connectivity index (χ1) is 9.63. The van der Waals surface area contributed by atoms with Gasteiger partial charge in [0.05, 0.1) is 12.1 Å². The predicted octanol–water partition coefficient (Wildman–Crippen LogP) is 2.45. The molecule has 1 aliphatic rings. The molecule has 0 aliphatic heterocycles. The van der Waals surface area contributed by atoms with Crippen LogP contribution >= 0.6 is 11.6 Å². The van der Waals surface area contributed by atoms with E-state index in [0.29, 0.717) is 10.6 Å². The molecule has 0 radical (unpaired) electrons. The number of carbonyl (C=O) groups excluding carboxylic acids is 1. The van der Waals surface area contributed by atoms with Crippen LogP contribution in [0.1, 0.15) is 37.4 Å². The fourth-order valence-corrected chi connectivity index (χ4v) is 2.88. The highest BCUT2D eigenvalue weighted by molar-refractivity contribution is 6.31. The van der Waals surface area contributed by atoms with E-state index in [9.17, 15) is 9.90 Å². The Bertz CT molecular complexity index is 466. The highest BCUT2D eigenvalue weighted by atomic mass is 35.5. The number of aliphatic hydroxyl groups is 1. The molecule has 0 heterocycles. The van der Waals surface area contributed by atoms with Gasteiger partial charge in [0.1, 0.15) is 0 Å². The predicted molar refractivity (Wildman–Crippen MR) is 77.6 cm³/mol. The lowest BCUT2D eigenvalue weighted by Gasteiger charge is -2.31. The third-order valence-electron chi connectivity index (χ3n) is 3.78. The second-order valence-electron chi connectivity index (χ2n) is 5.10. The van der Waals surface area contributed by atoms with Gasteiger partial charge in [0.2, 0.25) is 0 Å². The summed E-state index contributed by atoms with van der Waals surface area (Å²) in [5, 5.41) is 13.4. The van der Waals surface area contributed by atoms with Gasteiger partial charge >= 0.3 is 0 Å². The third kappa shape index (κ3) is 3.51. The lowest BCUT2D eigenvalue weighted by molar-refractivity contribution is -0.131. The Morgan fingerprint density at radius 2 is 2.10 bits per heavy atom. The first-order valence-electron chi connectivity index (χ1n) is 6.89. The Morgan fingerprint density at radius 1 is 1.40 bits per heavy atom. The zero-order valence-electron chi connectivity index (χ0n) is 11.5. The average molecular weight is 298 g/mol. The minimum Gasteiger partial charge on any atom is -0.379 e. The summed E-state index contributed by atoms with van der Waals surface area (Å²) in [6, 6.07) is 6.78. The van der Waals surface area contributed by atoms with Gasteiger partial charge in [-0.2, -0.15) is 0 Å². The quantitative estimate of drug-likeness (QED) is 0.897. The molecule has 1 saturated carbocycles. The van der Waals surface area contributed by atoms with Crippen LogP contribution in [0.25, 0.3) is 0 Å². The Hall–Kier alpha value is -1.10. The summed E-state index contributed by atoms with van der Waals surface area (Å²) in [7, 11) is 1.65. The van der Waals surface area contributed by atoms with Crippen molar-refractivity contribution in [1.29, 1.82) is 0 Å². The molecule has 20 heavy (non-hydrogen) atoms. The summed E-state index contributed by atoms with van der Waals surface area (Å²) in [6.07, 6.45) is 2.75.